The summed E-state index contributed by atoms with van der Waals surface area (Å²) in [5, 5.41) is 6.02. The molecule has 4 nitrogen and oxygen atoms in total. The number of hydrogen-bond donors (Lipinski definition) is 2. The van der Waals surface area contributed by atoms with Gasteiger partial charge in [0.1, 0.15) is 0 Å². The predicted octanol–water partition coefficient (Wildman–Crippen LogP) is 1.38. The van der Waals surface area contributed by atoms with Crippen molar-refractivity contribution in [2.24, 2.45) is 0 Å². The Bertz CT molecular complexity index is 341. The molecule has 0 radical (unpaired) electrons. The summed E-state index contributed by atoms with van der Waals surface area (Å²) >= 11 is 0. The second-order valence-electron chi connectivity index (χ2n) is 3.86. The van der Waals surface area contributed by atoms with Gasteiger partial charge in [-0.25, -0.2) is 0 Å². The van der Waals surface area contributed by atoms with E-state index in [1.165, 1.54) is 0 Å². The van der Waals surface area contributed by atoms with E-state index in [1.807, 2.05) is 31.2 Å². The molecule has 0 aliphatic rings. The van der Waals surface area contributed by atoms with Crippen molar-refractivity contribution >= 4 is 18.3 Å². The summed E-state index contributed by atoms with van der Waals surface area (Å²) in [5.41, 5.74) is 1.86. The molecule has 0 spiro atoms. The third-order valence-electron chi connectivity index (χ3n) is 2.38. The van der Waals surface area contributed by atoms with Gasteiger partial charge in [-0.2, -0.15) is 0 Å². The van der Waals surface area contributed by atoms with Gasteiger partial charge < -0.3 is 15.4 Å². The zero-order chi connectivity index (χ0) is 12.5. The molecule has 2 N–H and O–H groups in total. The van der Waals surface area contributed by atoms with Gasteiger partial charge in [0, 0.05) is 32.3 Å². The van der Waals surface area contributed by atoms with Crippen LogP contribution in [0.2, 0.25) is 0 Å². The van der Waals surface area contributed by atoms with E-state index in [0.29, 0.717) is 18.7 Å². The number of aryl methyl sites for hydroxylation is 1. The van der Waals surface area contributed by atoms with Gasteiger partial charge in [-0.05, 0) is 19.1 Å². The molecule has 0 aromatic heterocycles. The summed E-state index contributed by atoms with van der Waals surface area (Å²) < 4.78 is 4.90. The molecule has 1 amide bonds. The van der Waals surface area contributed by atoms with E-state index in [9.17, 15) is 4.79 Å². The van der Waals surface area contributed by atoms with Gasteiger partial charge >= 0.3 is 0 Å². The molecule has 1 aromatic carbocycles. The molecule has 0 aliphatic heterocycles. The standard InChI is InChI=1S/C13H20N2O2.ClH/c1-11-3-5-12(6-4-11)13(16)15-8-7-14-9-10-17-2;/h3-6,14H,7-10H2,1-2H3,(H,15,16);1H. The van der Waals surface area contributed by atoms with Gasteiger partial charge in [-0.3, -0.25) is 4.79 Å². The summed E-state index contributed by atoms with van der Waals surface area (Å²) in [4.78, 5) is 11.7. The number of rotatable bonds is 7. The predicted molar refractivity (Wildman–Crippen MR) is 75.5 cm³/mol. The molecule has 0 bridgehead atoms. The lowest BCUT2D eigenvalue weighted by molar-refractivity contribution is 0.0953. The van der Waals surface area contributed by atoms with E-state index in [-0.39, 0.29) is 18.3 Å². The molecule has 5 heteroatoms. The number of amides is 1. The molecule has 102 valence electrons. The Morgan fingerprint density at radius 1 is 1.17 bits per heavy atom. The number of benzene rings is 1. The van der Waals surface area contributed by atoms with Crippen LogP contribution in [-0.4, -0.2) is 39.3 Å². The maximum Gasteiger partial charge on any atom is 0.251 e. The van der Waals surface area contributed by atoms with Crippen molar-refractivity contribution in [1.82, 2.24) is 10.6 Å². The Kier molecular flexibility index (Phi) is 9.28. The van der Waals surface area contributed by atoms with Gasteiger partial charge in [-0.1, -0.05) is 17.7 Å². The van der Waals surface area contributed by atoms with Crippen molar-refractivity contribution in [3.63, 3.8) is 0 Å². The number of carbonyl (C=O) groups excluding carboxylic acids is 1. The Morgan fingerprint density at radius 2 is 1.83 bits per heavy atom. The molecule has 1 aromatic rings. The highest BCUT2D eigenvalue weighted by Gasteiger charge is 2.02. The molecule has 0 fully saturated rings. The highest BCUT2D eigenvalue weighted by molar-refractivity contribution is 5.94. The van der Waals surface area contributed by atoms with Crippen LogP contribution < -0.4 is 10.6 Å². The SMILES string of the molecule is COCCNCCNC(=O)c1ccc(C)cc1.Cl. The summed E-state index contributed by atoms with van der Waals surface area (Å²) in [6.45, 7) is 4.86. The van der Waals surface area contributed by atoms with E-state index in [4.69, 9.17) is 4.74 Å². The number of nitrogens with one attached hydrogen (secondary N) is 2. The van der Waals surface area contributed by atoms with E-state index < -0.39 is 0 Å². The van der Waals surface area contributed by atoms with Crippen LogP contribution in [0.25, 0.3) is 0 Å². The smallest absolute Gasteiger partial charge is 0.251 e. The van der Waals surface area contributed by atoms with Gasteiger partial charge in [0.15, 0.2) is 0 Å². The topological polar surface area (TPSA) is 50.4 Å². The first-order valence-corrected chi connectivity index (χ1v) is 5.78. The van der Waals surface area contributed by atoms with Crippen molar-refractivity contribution in [2.75, 3.05) is 33.4 Å². The lowest BCUT2D eigenvalue weighted by Crippen LogP contribution is -2.33. The van der Waals surface area contributed by atoms with E-state index in [2.05, 4.69) is 10.6 Å². The Balaban J connectivity index is 0.00000289. The van der Waals surface area contributed by atoms with Gasteiger partial charge in [0.25, 0.3) is 5.91 Å². The highest BCUT2D eigenvalue weighted by Crippen LogP contribution is 2.02. The summed E-state index contributed by atoms with van der Waals surface area (Å²) in [7, 11) is 1.67. The van der Waals surface area contributed by atoms with Crippen molar-refractivity contribution in [1.29, 1.82) is 0 Å². The van der Waals surface area contributed by atoms with Crippen molar-refractivity contribution in [3.05, 3.63) is 35.4 Å². The fourth-order valence-electron chi connectivity index (χ4n) is 1.37. The maximum atomic E-state index is 11.7. The summed E-state index contributed by atoms with van der Waals surface area (Å²) in [6.07, 6.45) is 0. The van der Waals surface area contributed by atoms with Crippen LogP contribution in [0.5, 0.6) is 0 Å². The van der Waals surface area contributed by atoms with Crippen LogP contribution in [0.3, 0.4) is 0 Å². The molecular weight excluding hydrogens is 252 g/mol. The zero-order valence-electron chi connectivity index (χ0n) is 10.9. The number of methoxy groups -OCH3 is 1. The molecular formula is C13H21ClN2O2. The minimum absolute atomic E-state index is 0. The summed E-state index contributed by atoms with van der Waals surface area (Å²) in [5.74, 6) is -0.0291. The highest BCUT2D eigenvalue weighted by atomic mass is 35.5. The van der Waals surface area contributed by atoms with Crippen molar-refractivity contribution < 1.29 is 9.53 Å². The second-order valence-corrected chi connectivity index (χ2v) is 3.86. The van der Waals surface area contributed by atoms with Crippen LogP contribution in [0.1, 0.15) is 15.9 Å². The average Bonchev–Trinajstić information content (AvgIpc) is 2.34. The first-order chi connectivity index (χ1) is 8.24. The third kappa shape index (κ3) is 6.59. The average molecular weight is 273 g/mol. The number of ether oxygens (including phenoxy) is 1. The minimum Gasteiger partial charge on any atom is -0.383 e. The quantitative estimate of drug-likeness (QED) is 0.738. The van der Waals surface area contributed by atoms with Gasteiger partial charge in [0.2, 0.25) is 0 Å². The fourth-order valence-corrected chi connectivity index (χ4v) is 1.37. The zero-order valence-corrected chi connectivity index (χ0v) is 11.7. The van der Waals surface area contributed by atoms with Crippen LogP contribution >= 0.6 is 12.4 Å². The van der Waals surface area contributed by atoms with Crippen LogP contribution in [-0.2, 0) is 4.74 Å². The Hall–Kier alpha value is -1.10. The normalized spacial score (nSPS) is 9.67. The fraction of sp³-hybridized carbons (Fsp3) is 0.462. The molecule has 0 atom stereocenters. The lowest BCUT2D eigenvalue weighted by atomic mass is 10.1. The minimum atomic E-state index is -0.0291. The van der Waals surface area contributed by atoms with Crippen LogP contribution in [0.4, 0.5) is 0 Å². The van der Waals surface area contributed by atoms with Gasteiger partial charge in [-0.15, -0.1) is 12.4 Å². The first kappa shape index (κ1) is 16.9. The second kappa shape index (κ2) is 9.88. The first-order valence-electron chi connectivity index (χ1n) is 5.78. The molecule has 1 rings (SSSR count). The lowest BCUT2D eigenvalue weighted by Gasteiger charge is -2.06. The van der Waals surface area contributed by atoms with Gasteiger partial charge in [0.05, 0.1) is 6.61 Å². The maximum absolute atomic E-state index is 11.7. The Morgan fingerprint density at radius 3 is 2.44 bits per heavy atom. The molecule has 18 heavy (non-hydrogen) atoms. The summed E-state index contributed by atoms with van der Waals surface area (Å²) in [6, 6.07) is 7.55. The largest absolute Gasteiger partial charge is 0.383 e. The number of carbonyl (C=O) groups is 1. The van der Waals surface area contributed by atoms with E-state index in [0.717, 1.165) is 18.7 Å². The molecule has 0 aliphatic carbocycles. The number of halogens is 1. The van der Waals surface area contributed by atoms with Crippen molar-refractivity contribution in [2.45, 2.75) is 6.92 Å². The van der Waals surface area contributed by atoms with Crippen LogP contribution in [0.15, 0.2) is 24.3 Å². The molecule has 0 unspecified atom stereocenters. The molecule has 0 saturated carbocycles. The van der Waals surface area contributed by atoms with Crippen molar-refractivity contribution in [3.8, 4) is 0 Å². The van der Waals surface area contributed by atoms with E-state index >= 15 is 0 Å². The Labute approximate surface area is 115 Å². The molecule has 0 heterocycles. The monoisotopic (exact) mass is 272 g/mol. The van der Waals surface area contributed by atoms with Crippen LogP contribution in [0, 0.1) is 6.92 Å². The molecule has 0 saturated heterocycles. The third-order valence-corrected chi connectivity index (χ3v) is 2.38. The number of hydrogen-bond acceptors (Lipinski definition) is 3. The van der Waals surface area contributed by atoms with E-state index in [1.54, 1.807) is 7.11 Å².